The molecule has 2 aliphatic heterocycles. The average Bonchev–Trinajstić information content (AvgIpc) is 3.39. The minimum Gasteiger partial charge on any atom is -0.497 e. The Bertz CT molecular complexity index is 1400. The molecule has 0 unspecified atom stereocenters. The van der Waals surface area contributed by atoms with E-state index in [0.717, 1.165) is 17.1 Å². The van der Waals surface area contributed by atoms with Crippen LogP contribution in [0.3, 0.4) is 0 Å². The van der Waals surface area contributed by atoms with Gasteiger partial charge in [0.05, 0.1) is 20.1 Å². The number of amides is 2. The van der Waals surface area contributed by atoms with E-state index in [-0.39, 0.29) is 19.1 Å². The summed E-state index contributed by atoms with van der Waals surface area (Å²) >= 11 is 0. The van der Waals surface area contributed by atoms with E-state index in [4.69, 9.17) is 18.6 Å². The van der Waals surface area contributed by atoms with Crippen LogP contribution in [0.25, 0.3) is 11.0 Å². The highest BCUT2D eigenvalue weighted by Crippen LogP contribution is 2.33. The first-order chi connectivity index (χ1) is 18.4. The average molecular weight is 524 g/mol. The van der Waals surface area contributed by atoms with Gasteiger partial charge in [-0.05, 0) is 35.4 Å². The number of benzene rings is 2. The van der Waals surface area contributed by atoms with Crippen molar-refractivity contribution in [2.75, 3.05) is 46.7 Å². The Hall–Kier alpha value is -4.09. The molecule has 0 aliphatic carbocycles. The predicted octanol–water partition coefficient (Wildman–Crippen LogP) is 0.894. The molecule has 2 N–H and O–H groups in total. The van der Waals surface area contributed by atoms with Crippen molar-refractivity contribution in [2.24, 2.45) is 0 Å². The van der Waals surface area contributed by atoms with Crippen molar-refractivity contribution >= 4 is 22.8 Å². The molecule has 1 aromatic heterocycles. The van der Waals surface area contributed by atoms with E-state index < -0.39 is 24.2 Å². The first kappa shape index (κ1) is 25.6. The quantitative estimate of drug-likeness (QED) is 0.414. The third kappa shape index (κ3) is 5.58. The number of fused-ring (bicyclic) bond motifs is 2. The van der Waals surface area contributed by atoms with Gasteiger partial charge in [-0.25, -0.2) is 4.79 Å². The number of nitrogens with zero attached hydrogens (tertiary/aromatic N) is 2. The Morgan fingerprint density at radius 2 is 1.84 bits per heavy atom. The van der Waals surface area contributed by atoms with Crippen molar-refractivity contribution in [3.63, 3.8) is 0 Å². The largest absolute Gasteiger partial charge is 0.497 e. The summed E-state index contributed by atoms with van der Waals surface area (Å²) in [5.74, 6) is 1.17. The molecule has 11 nitrogen and oxygen atoms in total. The molecule has 2 aromatic carbocycles. The zero-order chi connectivity index (χ0) is 26.6. The van der Waals surface area contributed by atoms with Gasteiger partial charge in [-0.1, -0.05) is 6.07 Å². The molecule has 3 aromatic rings. The van der Waals surface area contributed by atoms with Gasteiger partial charge in [-0.2, -0.15) is 0 Å². The number of piperazine rings is 1. The number of hydrogen-bond donors (Lipinski definition) is 2. The van der Waals surface area contributed by atoms with E-state index in [1.165, 1.54) is 13.2 Å². The highest BCUT2D eigenvalue weighted by atomic mass is 16.7. The lowest BCUT2D eigenvalue weighted by Gasteiger charge is -2.36. The minimum absolute atomic E-state index is 0.151. The maximum Gasteiger partial charge on any atom is 0.336 e. The van der Waals surface area contributed by atoms with E-state index in [9.17, 15) is 19.5 Å². The zero-order valence-electron chi connectivity index (χ0n) is 21.0. The summed E-state index contributed by atoms with van der Waals surface area (Å²) in [7, 11) is 1.50. The van der Waals surface area contributed by atoms with Crippen molar-refractivity contribution in [3.8, 4) is 17.2 Å². The van der Waals surface area contributed by atoms with Crippen molar-refractivity contribution < 1.29 is 33.3 Å². The third-order valence-corrected chi connectivity index (χ3v) is 6.73. The first-order valence-electron chi connectivity index (χ1n) is 12.3. The fourth-order valence-corrected chi connectivity index (χ4v) is 4.73. The van der Waals surface area contributed by atoms with Crippen LogP contribution in [0.1, 0.15) is 11.1 Å². The van der Waals surface area contributed by atoms with Crippen molar-refractivity contribution in [3.05, 3.63) is 64.0 Å². The number of methoxy groups -OCH3 is 1. The molecule has 5 rings (SSSR count). The van der Waals surface area contributed by atoms with Crippen LogP contribution in [0.4, 0.5) is 0 Å². The van der Waals surface area contributed by atoms with E-state index in [0.29, 0.717) is 55.0 Å². The molecule has 0 saturated carbocycles. The molecule has 38 heavy (non-hydrogen) atoms. The second-order valence-corrected chi connectivity index (χ2v) is 9.22. The molecule has 0 bridgehead atoms. The van der Waals surface area contributed by atoms with E-state index in [2.05, 4.69) is 10.2 Å². The van der Waals surface area contributed by atoms with Gasteiger partial charge in [0.2, 0.25) is 18.6 Å². The summed E-state index contributed by atoms with van der Waals surface area (Å²) in [6.07, 6.45) is -0.151. The SMILES string of the molecule is COc1ccc2c(CC(=O)N[C@@H](CO)C(=O)N3CCN(Cc4ccc5c(c4)OCO5)CC3)cc(=O)oc2c1. The number of rotatable bonds is 8. The van der Waals surface area contributed by atoms with Crippen LogP contribution in [-0.2, 0) is 22.6 Å². The smallest absolute Gasteiger partial charge is 0.336 e. The van der Waals surface area contributed by atoms with E-state index >= 15 is 0 Å². The van der Waals surface area contributed by atoms with E-state index in [1.807, 2.05) is 18.2 Å². The normalized spacial score (nSPS) is 15.9. The maximum atomic E-state index is 13.1. The second-order valence-electron chi connectivity index (χ2n) is 9.22. The lowest BCUT2D eigenvalue weighted by Crippen LogP contribution is -2.56. The Labute approximate surface area is 218 Å². The molecule has 200 valence electrons. The molecule has 2 aliphatic rings. The van der Waals surface area contributed by atoms with Crippen molar-refractivity contribution in [2.45, 2.75) is 19.0 Å². The molecule has 0 spiro atoms. The van der Waals surface area contributed by atoms with Gasteiger partial charge in [0.1, 0.15) is 17.4 Å². The summed E-state index contributed by atoms with van der Waals surface area (Å²) in [6.45, 7) is 2.67. The Kier molecular flexibility index (Phi) is 7.47. The predicted molar refractivity (Wildman–Crippen MR) is 136 cm³/mol. The van der Waals surface area contributed by atoms with Crippen LogP contribution >= 0.6 is 0 Å². The maximum absolute atomic E-state index is 13.1. The Morgan fingerprint density at radius 3 is 2.61 bits per heavy atom. The molecule has 1 saturated heterocycles. The summed E-state index contributed by atoms with van der Waals surface area (Å²) < 4.78 is 21.2. The number of hydrogen-bond acceptors (Lipinski definition) is 9. The topological polar surface area (TPSA) is 131 Å². The van der Waals surface area contributed by atoms with Crippen LogP contribution in [0.2, 0.25) is 0 Å². The number of carbonyl (C=O) groups excluding carboxylic acids is 2. The van der Waals surface area contributed by atoms with E-state index in [1.54, 1.807) is 23.1 Å². The minimum atomic E-state index is -1.07. The van der Waals surface area contributed by atoms with Crippen LogP contribution in [0, 0.1) is 0 Å². The fraction of sp³-hybridized carbons (Fsp3) is 0.370. The lowest BCUT2D eigenvalue weighted by molar-refractivity contribution is -0.139. The van der Waals surface area contributed by atoms with Gasteiger partial charge in [-0.15, -0.1) is 0 Å². The Balaban J connectivity index is 1.17. The monoisotopic (exact) mass is 523 g/mol. The third-order valence-electron chi connectivity index (χ3n) is 6.73. The lowest BCUT2D eigenvalue weighted by atomic mass is 10.1. The number of aliphatic hydroxyl groups is 1. The van der Waals surface area contributed by atoms with Gasteiger partial charge >= 0.3 is 5.63 Å². The standard InChI is InChI=1S/C27H29N3O8/c1-35-19-3-4-20-18(12-26(33)38-23(20)13-19)11-25(32)28-21(15-31)27(34)30-8-6-29(7-9-30)14-17-2-5-22-24(10-17)37-16-36-22/h2-5,10,12-13,21,31H,6-9,11,14-16H2,1H3,(H,28,32)/t21-/m0/s1. The summed E-state index contributed by atoms with van der Waals surface area (Å²) in [5.41, 5.74) is 1.25. The fourth-order valence-electron chi connectivity index (χ4n) is 4.73. The highest BCUT2D eigenvalue weighted by molar-refractivity contribution is 5.91. The second kappa shape index (κ2) is 11.1. The zero-order valence-corrected chi connectivity index (χ0v) is 21.0. The van der Waals surface area contributed by atoms with Gasteiger partial charge in [0.25, 0.3) is 0 Å². The van der Waals surface area contributed by atoms with Crippen molar-refractivity contribution in [1.29, 1.82) is 0 Å². The number of aliphatic hydroxyl groups excluding tert-OH is 1. The number of carbonyl (C=O) groups is 2. The first-order valence-corrected chi connectivity index (χ1v) is 12.3. The summed E-state index contributed by atoms with van der Waals surface area (Å²) in [4.78, 5) is 41.8. The van der Waals surface area contributed by atoms with Gasteiger partial charge in [0.15, 0.2) is 11.5 Å². The molecule has 1 atom stereocenters. The van der Waals surface area contributed by atoms with Crippen LogP contribution in [-0.4, -0.2) is 79.5 Å². The summed E-state index contributed by atoms with van der Waals surface area (Å²) in [5, 5.41) is 13.1. The number of ether oxygens (including phenoxy) is 3. The molecule has 11 heteroatoms. The van der Waals surface area contributed by atoms with Gasteiger partial charge in [0, 0.05) is 50.2 Å². The van der Waals surface area contributed by atoms with Gasteiger partial charge in [-0.3, -0.25) is 14.5 Å². The highest BCUT2D eigenvalue weighted by Gasteiger charge is 2.28. The Morgan fingerprint density at radius 1 is 1.05 bits per heavy atom. The molecular formula is C27H29N3O8. The van der Waals surface area contributed by atoms with Crippen molar-refractivity contribution in [1.82, 2.24) is 15.1 Å². The number of nitrogens with one attached hydrogen (secondary N) is 1. The molecule has 3 heterocycles. The molecular weight excluding hydrogens is 494 g/mol. The molecule has 2 amide bonds. The van der Waals surface area contributed by atoms with Gasteiger partial charge < -0.3 is 34.0 Å². The van der Waals surface area contributed by atoms with Crippen LogP contribution in [0.15, 0.2) is 51.7 Å². The van der Waals surface area contributed by atoms with Crippen LogP contribution < -0.4 is 25.2 Å². The molecule has 0 radical (unpaired) electrons. The summed E-state index contributed by atoms with van der Waals surface area (Å²) in [6, 6.07) is 11.0. The van der Waals surface area contributed by atoms with Crippen LogP contribution in [0.5, 0.6) is 17.2 Å². The molecule has 1 fully saturated rings.